The lowest BCUT2D eigenvalue weighted by atomic mass is 10.2. The van der Waals surface area contributed by atoms with Crippen molar-refractivity contribution in [3.05, 3.63) is 17.6 Å². The Morgan fingerprint density at radius 3 is 2.59 bits per heavy atom. The molecule has 0 amide bonds. The second kappa shape index (κ2) is 7.22. The van der Waals surface area contributed by atoms with Crippen molar-refractivity contribution in [2.75, 3.05) is 19.0 Å². The summed E-state index contributed by atoms with van der Waals surface area (Å²) in [7, 11) is 1.88. The standard InChI is InChI=1S/C13H23N3O/c1-5-8-11(17-7-3)13-15-10(6-2)9-12(14-4)16-13/h9,11H,5-8H2,1-4H3,(H,14,15,16). The molecule has 0 bridgehead atoms. The molecule has 0 fully saturated rings. The molecular weight excluding hydrogens is 214 g/mol. The van der Waals surface area contributed by atoms with Crippen molar-refractivity contribution >= 4 is 5.82 Å². The molecule has 1 N–H and O–H groups in total. The fourth-order valence-electron chi connectivity index (χ4n) is 1.72. The van der Waals surface area contributed by atoms with Gasteiger partial charge in [0.25, 0.3) is 0 Å². The van der Waals surface area contributed by atoms with Crippen LogP contribution in [0, 0.1) is 0 Å². The van der Waals surface area contributed by atoms with Gasteiger partial charge in [-0.2, -0.15) is 0 Å². The fourth-order valence-corrected chi connectivity index (χ4v) is 1.72. The van der Waals surface area contributed by atoms with Crippen LogP contribution in [0.1, 0.15) is 51.2 Å². The molecule has 0 spiro atoms. The van der Waals surface area contributed by atoms with Gasteiger partial charge >= 0.3 is 0 Å². The fraction of sp³-hybridized carbons (Fsp3) is 0.692. The minimum atomic E-state index is 0.0172. The monoisotopic (exact) mass is 237 g/mol. The van der Waals surface area contributed by atoms with Crippen molar-refractivity contribution in [3.63, 3.8) is 0 Å². The molecular formula is C13H23N3O. The Balaban J connectivity index is 2.99. The number of anilines is 1. The van der Waals surface area contributed by atoms with Gasteiger partial charge in [0, 0.05) is 25.4 Å². The Bertz CT molecular complexity index is 313. The van der Waals surface area contributed by atoms with Crippen LogP contribution < -0.4 is 5.32 Å². The Morgan fingerprint density at radius 1 is 1.29 bits per heavy atom. The molecule has 0 aromatic carbocycles. The van der Waals surface area contributed by atoms with Gasteiger partial charge in [0.05, 0.1) is 0 Å². The summed E-state index contributed by atoms with van der Waals surface area (Å²) in [6.07, 6.45) is 2.96. The molecule has 1 rings (SSSR count). The van der Waals surface area contributed by atoms with E-state index in [2.05, 4.69) is 29.1 Å². The van der Waals surface area contributed by atoms with E-state index in [4.69, 9.17) is 4.74 Å². The van der Waals surface area contributed by atoms with Crippen LogP contribution in [0.4, 0.5) is 5.82 Å². The third-order valence-corrected chi connectivity index (χ3v) is 2.62. The van der Waals surface area contributed by atoms with Gasteiger partial charge in [-0.15, -0.1) is 0 Å². The SMILES string of the molecule is CCCC(OCC)c1nc(CC)cc(NC)n1. The molecule has 0 saturated carbocycles. The highest BCUT2D eigenvalue weighted by Gasteiger charge is 2.15. The second-order valence-electron chi connectivity index (χ2n) is 3.94. The lowest BCUT2D eigenvalue weighted by molar-refractivity contribution is 0.0493. The topological polar surface area (TPSA) is 47.0 Å². The van der Waals surface area contributed by atoms with E-state index in [1.54, 1.807) is 0 Å². The van der Waals surface area contributed by atoms with Crippen LogP contribution in [-0.4, -0.2) is 23.6 Å². The number of aromatic nitrogens is 2. The Morgan fingerprint density at radius 2 is 2.06 bits per heavy atom. The van der Waals surface area contributed by atoms with Crippen molar-refractivity contribution < 1.29 is 4.74 Å². The summed E-state index contributed by atoms with van der Waals surface area (Å²) in [6, 6.07) is 1.98. The van der Waals surface area contributed by atoms with E-state index in [-0.39, 0.29) is 6.10 Å². The third-order valence-electron chi connectivity index (χ3n) is 2.62. The Labute approximate surface area is 104 Å². The van der Waals surface area contributed by atoms with Crippen LogP contribution in [0.5, 0.6) is 0 Å². The molecule has 0 aliphatic heterocycles. The van der Waals surface area contributed by atoms with Crippen molar-refractivity contribution in [3.8, 4) is 0 Å². The quantitative estimate of drug-likeness (QED) is 0.792. The molecule has 1 aromatic heterocycles. The largest absolute Gasteiger partial charge is 0.373 e. The predicted molar refractivity (Wildman–Crippen MR) is 70.2 cm³/mol. The Kier molecular flexibility index (Phi) is 5.91. The summed E-state index contributed by atoms with van der Waals surface area (Å²) in [5.74, 6) is 1.67. The van der Waals surface area contributed by atoms with Crippen molar-refractivity contribution in [1.82, 2.24) is 9.97 Å². The average Bonchev–Trinajstić information content (AvgIpc) is 2.37. The van der Waals surface area contributed by atoms with Crippen LogP contribution in [-0.2, 0) is 11.2 Å². The van der Waals surface area contributed by atoms with E-state index in [0.717, 1.165) is 36.6 Å². The van der Waals surface area contributed by atoms with Crippen LogP contribution in [0.2, 0.25) is 0 Å². The molecule has 4 heteroatoms. The van der Waals surface area contributed by atoms with Gasteiger partial charge in [0.2, 0.25) is 0 Å². The van der Waals surface area contributed by atoms with Crippen molar-refractivity contribution in [2.45, 2.75) is 46.1 Å². The maximum Gasteiger partial charge on any atom is 0.159 e. The predicted octanol–water partition coefficient (Wildman–Crippen LogP) is 2.96. The van der Waals surface area contributed by atoms with E-state index in [1.165, 1.54) is 0 Å². The van der Waals surface area contributed by atoms with Gasteiger partial charge < -0.3 is 10.1 Å². The highest BCUT2D eigenvalue weighted by atomic mass is 16.5. The first kappa shape index (κ1) is 13.9. The number of rotatable bonds is 7. The number of nitrogens with one attached hydrogen (secondary N) is 1. The third kappa shape index (κ3) is 3.97. The molecule has 0 radical (unpaired) electrons. The molecule has 17 heavy (non-hydrogen) atoms. The molecule has 4 nitrogen and oxygen atoms in total. The number of ether oxygens (including phenoxy) is 1. The zero-order valence-electron chi connectivity index (χ0n) is 11.3. The number of hydrogen-bond donors (Lipinski definition) is 1. The van der Waals surface area contributed by atoms with E-state index >= 15 is 0 Å². The van der Waals surface area contributed by atoms with Crippen LogP contribution >= 0.6 is 0 Å². The zero-order valence-corrected chi connectivity index (χ0v) is 11.3. The summed E-state index contributed by atoms with van der Waals surface area (Å²) in [5.41, 5.74) is 1.06. The Hall–Kier alpha value is -1.16. The van der Waals surface area contributed by atoms with E-state index in [0.29, 0.717) is 6.61 Å². The molecule has 0 aliphatic carbocycles. The van der Waals surface area contributed by atoms with Crippen molar-refractivity contribution in [1.29, 1.82) is 0 Å². The van der Waals surface area contributed by atoms with Gasteiger partial charge in [0.15, 0.2) is 5.82 Å². The number of nitrogens with zero attached hydrogens (tertiary/aromatic N) is 2. The first-order valence-corrected chi connectivity index (χ1v) is 6.42. The summed E-state index contributed by atoms with van der Waals surface area (Å²) >= 11 is 0. The first-order chi connectivity index (χ1) is 8.24. The van der Waals surface area contributed by atoms with Gasteiger partial charge in [-0.25, -0.2) is 9.97 Å². The molecule has 1 unspecified atom stereocenters. The molecule has 1 heterocycles. The van der Waals surface area contributed by atoms with E-state index < -0.39 is 0 Å². The summed E-state index contributed by atoms with van der Waals surface area (Å²) < 4.78 is 5.71. The first-order valence-electron chi connectivity index (χ1n) is 6.42. The van der Waals surface area contributed by atoms with Crippen LogP contribution in [0.25, 0.3) is 0 Å². The smallest absolute Gasteiger partial charge is 0.159 e. The van der Waals surface area contributed by atoms with Crippen molar-refractivity contribution in [2.24, 2.45) is 0 Å². The van der Waals surface area contributed by atoms with Gasteiger partial charge in [-0.3, -0.25) is 0 Å². The number of hydrogen-bond acceptors (Lipinski definition) is 4. The van der Waals surface area contributed by atoms with Crippen LogP contribution in [0.3, 0.4) is 0 Å². The molecule has 0 aliphatic rings. The minimum absolute atomic E-state index is 0.0172. The van der Waals surface area contributed by atoms with Crippen LogP contribution in [0.15, 0.2) is 6.07 Å². The molecule has 1 atom stereocenters. The molecule has 96 valence electrons. The van der Waals surface area contributed by atoms with Gasteiger partial charge in [0.1, 0.15) is 11.9 Å². The summed E-state index contributed by atoms with van der Waals surface area (Å²) in [6.45, 7) is 6.94. The van der Waals surface area contributed by atoms with E-state index in [9.17, 15) is 0 Å². The highest BCUT2D eigenvalue weighted by Crippen LogP contribution is 2.21. The average molecular weight is 237 g/mol. The zero-order chi connectivity index (χ0) is 12.7. The minimum Gasteiger partial charge on any atom is -0.373 e. The lowest BCUT2D eigenvalue weighted by Crippen LogP contribution is -2.11. The number of aryl methyl sites for hydroxylation is 1. The normalized spacial score (nSPS) is 12.5. The summed E-state index contributed by atoms with van der Waals surface area (Å²) in [5, 5.41) is 3.07. The second-order valence-corrected chi connectivity index (χ2v) is 3.94. The van der Waals surface area contributed by atoms with E-state index in [1.807, 2.05) is 20.0 Å². The highest BCUT2D eigenvalue weighted by molar-refractivity contribution is 5.35. The van der Waals surface area contributed by atoms with Gasteiger partial charge in [-0.05, 0) is 19.8 Å². The maximum atomic E-state index is 5.71. The lowest BCUT2D eigenvalue weighted by Gasteiger charge is -2.16. The molecule has 0 saturated heterocycles. The maximum absolute atomic E-state index is 5.71. The summed E-state index contributed by atoms with van der Waals surface area (Å²) in [4.78, 5) is 9.05. The molecule has 1 aromatic rings. The van der Waals surface area contributed by atoms with Gasteiger partial charge in [-0.1, -0.05) is 20.3 Å².